The van der Waals surface area contributed by atoms with Gasteiger partial charge in [-0.05, 0) is 43.5 Å². The number of rotatable bonds is 12. The summed E-state index contributed by atoms with van der Waals surface area (Å²) in [5.41, 5.74) is 1.75. The van der Waals surface area contributed by atoms with Crippen molar-refractivity contribution in [3.8, 4) is 0 Å². The molecule has 0 fully saturated rings. The second-order valence-corrected chi connectivity index (χ2v) is 8.13. The molecule has 0 aliphatic heterocycles. The standard InChI is InChI=1S/C20H31NO3S/c1-5-7-14-21(17-19(4)13-16-24-15-8-6-2)25(22,23)20-11-9-18(3)10-12-20/h9-13,16H,4-8,14-15,17H2,1-3H3/b16-13-. The van der Waals surface area contributed by atoms with Gasteiger partial charge in [-0.3, -0.25) is 0 Å². The molecule has 0 spiro atoms. The van der Waals surface area contributed by atoms with Crippen LogP contribution >= 0.6 is 0 Å². The van der Waals surface area contributed by atoms with Gasteiger partial charge < -0.3 is 4.74 Å². The molecule has 4 nitrogen and oxygen atoms in total. The van der Waals surface area contributed by atoms with Crippen molar-refractivity contribution in [2.24, 2.45) is 0 Å². The summed E-state index contributed by atoms with van der Waals surface area (Å²) in [7, 11) is -3.53. The Morgan fingerprint density at radius 3 is 2.40 bits per heavy atom. The first-order valence-electron chi connectivity index (χ1n) is 8.94. The van der Waals surface area contributed by atoms with E-state index < -0.39 is 10.0 Å². The number of ether oxygens (including phenoxy) is 1. The molecule has 0 amide bonds. The van der Waals surface area contributed by atoms with Gasteiger partial charge in [-0.1, -0.05) is 51.0 Å². The Hall–Kier alpha value is -1.59. The number of benzene rings is 1. The Morgan fingerprint density at radius 1 is 1.16 bits per heavy atom. The minimum atomic E-state index is -3.53. The van der Waals surface area contributed by atoms with Crippen LogP contribution < -0.4 is 0 Å². The zero-order valence-electron chi connectivity index (χ0n) is 15.7. The lowest BCUT2D eigenvalue weighted by molar-refractivity contribution is 0.243. The molecule has 0 bridgehead atoms. The van der Waals surface area contributed by atoms with E-state index in [2.05, 4.69) is 13.5 Å². The number of aryl methyl sites for hydroxylation is 1. The number of unbranched alkanes of at least 4 members (excludes halogenated alkanes) is 2. The molecule has 1 rings (SSSR count). The van der Waals surface area contributed by atoms with Crippen molar-refractivity contribution in [3.63, 3.8) is 0 Å². The zero-order chi connectivity index (χ0) is 18.7. The predicted molar refractivity (Wildman–Crippen MR) is 104 cm³/mol. The quantitative estimate of drug-likeness (QED) is 0.307. The summed E-state index contributed by atoms with van der Waals surface area (Å²) in [5.74, 6) is 0. The highest BCUT2D eigenvalue weighted by atomic mass is 32.2. The number of hydrogen-bond acceptors (Lipinski definition) is 3. The van der Waals surface area contributed by atoms with Crippen LogP contribution in [-0.2, 0) is 14.8 Å². The van der Waals surface area contributed by atoms with Crippen molar-refractivity contribution in [2.75, 3.05) is 19.7 Å². The van der Waals surface area contributed by atoms with Crippen LogP contribution in [0.1, 0.15) is 45.1 Å². The minimum Gasteiger partial charge on any atom is -0.501 e. The molecule has 0 saturated carbocycles. The molecule has 25 heavy (non-hydrogen) atoms. The van der Waals surface area contributed by atoms with E-state index in [1.807, 2.05) is 26.0 Å². The van der Waals surface area contributed by atoms with Crippen LogP contribution in [0.3, 0.4) is 0 Å². The molecule has 0 aliphatic carbocycles. The zero-order valence-corrected chi connectivity index (χ0v) is 16.5. The van der Waals surface area contributed by atoms with Gasteiger partial charge in [0, 0.05) is 13.1 Å². The molecule has 5 heteroatoms. The van der Waals surface area contributed by atoms with Gasteiger partial charge in [0.1, 0.15) is 0 Å². The van der Waals surface area contributed by atoms with Gasteiger partial charge >= 0.3 is 0 Å². The van der Waals surface area contributed by atoms with E-state index in [4.69, 9.17) is 4.74 Å². The fourth-order valence-electron chi connectivity index (χ4n) is 2.20. The maximum absolute atomic E-state index is 12.9. The van der Waals surface area contributed by atoms with Crippen molar-refractivity contribution in [3.05, 3.63) is 54.3 Å². The van der Waals surface area contributed by atoms with Crippen LogP contribution in [0.5, 0.6) is 0 Å². The van der Waals surface area contributed by atoms with Gasteiger partial charge in [-0.15, -0.1) is 0 Å². The van der Waals surface area contributed by atoms with Gasteiger partial charge in [0.05, 0.1) is 17.8 Å². The normalized spacial score (nSPS) is 12.0. The molecule has 0 radical (unpaired) electrons. The molecule has 0 atom stereocenters. The number of sulfonamides is 1. The first kappa shape index (κ1) is 21.5. The maximum atomic E-state index is 12.9. The van der Waals surface area contributed by atoms with E-state index in [0.29, 0.717) is 23.6 Å². The van der Waals surface area contributed by atoms with E-state index in [9.17, 15) is 8.42 Å². The summed E-state index contributed by atoms with van der Waals surface area (Å²) in [6.45, 7) is 11.5. The van der Waals surface area contributed by atoms with Crippen molar-refractivity contribution in [1.29, 1.82) is 0 Å². The second-order valence-electron chi connectivity index (χ2n) is 6.19. The number of nitrogens with zero attached hydrogens (tertiary/aromatic N) is 1. The molecule has 0 aliphatic rings. The van der Waals surface area contributed by atoms with Gasteiger partial charge in [-0.25, -0.2) is 8.42 Å². The Balaban J connectivity index is 2.82. The molecular formula is C20H31NO3S. The van der Waals surface area contributed by atoms with Crippen LogP contribution in [0.25, 0.3) is 0 Å². The molecule has 1 aromatic carbocycles. The smallest absolute Gasteiger partial charge is 0.243 e. The van der Waals surface area contributed by atoms with Crippen molar-refractivity contribution in [2.45, 2.75) is 51.3 Å². The summed E-state index contributed by atoms with van der Waals surface area (Å²) in [6.07, 6.45) is 7.18. The molecule has 0 heterocycles. The van der Waals surface area contributed by atoms with Crippen molar-refractivity contribution >= 4 is 10.0 Å². The highest BCUT2D eigenvalue weighted by Crippen LogP contribution is 2.18. The Bertz CT molecular complexity index is 648. The van der Waals surface area contributed by atoms with Gasteiger partial charge in [0.15, 0.2) is 0 Å². The number of hydrogen-bond donors (Lipinski definition) is 0. The fourth-order valence-corrected chi connectivity index (χ4v) is 3.68. The second kappa shape index (κ2) is 11.1. The monoisotopic (exact) mass is 365 g/mol. The van der Waals surface area contributed by atoms with E-state index in [0.717, 1.165) is 31.2 Å². The molecule has 0 saturated heterocycles. The molecular weight excluding hydrogens is 334 g/mol. The van der Waals surface area contributed by atoms with E-state index in [1.165, 1.54) is 4.31 Å². The topological polar surface area (TPSA) is 46.6 Å². The first-order chi connectivity index (χ1) is 11.9. The highest BCUT2D eigenvalue weighted by molar-refractivity contribution is 7.89. The van der Waals surface area contributed by atoms with Gasteiger partial charge in [-0.2, -0.15) is 4.31 Å². The Morgan fingerprint density at radius 2 is 1.80 bits per heavy atom. The predicted octanol–water partition coefficient (Wildman–Crippen LogP) is 4.67. The van der Waals surface area contributed by atoms with Crippen LogP contribution in [0.4, 0.5) is 0 Å². The summed E-state index contributed by atoms with van der Waals surface area (Å²) in [4.78, 5) is 0.324. The maximum Gasteiger partial charge on any atom is 0.243 e. The lowest BCUT2D eigenvalue weighted by atomic mass is 10.2. The average molecular weight is 366 g/mol. The minimum absolute atomic E-state index is 0.268. The lowest BCUT2D eigenvalue weighted by Crippen LogP contribution is -2.33. The summed E-state index contributed by atoms with van der Waals surface area (Å²) < 4.78 is 32.7. The summed E-state index contributed by atoms with van der Waals surface area (Å²) >= 11 is 0. The van der Waals surface area contributed by atoms with Crippen LogP contribution in [0, 0.1) is 6.92 Å². The van der Waals surface area contributed by atoms with Crippen molar-refractivity contribution in [1.82, 2.24) is 4.31 Å². The third-order valence-corrected chi connectivity index (χ3v) is 5.67. The largest absolute Gasteiger partial charge is 0.501 e. The Labute approximate surface area is 153 Å². The summed E-state index contributed by atoms with van der Waals surface area (Å²) in [5, 5.41) is 0. The molecule has 140 valence electrons. The van der Waals surface area contributed by atoms with Crippen LogP contribution in [0.15, 0.2) is 53.7 Å². The van der Waals surface area contributed by atoms with Gasteiger partial charge in [0.2, 0.25) is 10.0 Å². The third-order valence-electron chi connectivity index (χ3n) is 3.81. The van der Waals surface area contributed by atoms with E-state index in [-0.39, 0.29) is 6.54 Å². The van der Waals surface area contributed by atoms with E-state index >= 15 is 0 Å². The third kappa shape index (κ3) is 7.45. The van der Waals surface area contributed by atoms with Gasteiger partial charge in [0.25, 0.3) is 0 Å². The SMILES string of the molecule is C=C(/C=C\OCCCC)CN(CCCC)S(=O)(=O)c1ccc(C)cc1. The lowest BCUT2D eigenvalue weighted by Gasteiger charge is -2.22. The van der Waals surface area contributed by atoms with Crippen LogP contribution in [-0.4, -0.2) is 32.4 Å². The molecule has 0 N–H and O–H groups in total. The fraction of sp³-hybridized carbons (Fsp3) is 0.500. The molecule has 1 aromatic rings. The van der Waals surface area contributed by atoms with Crippen LogP contribution in [0.2, 0.25) is 0 Å². The van der Waals surface area contributed by atoms with Crippen molar-refractivity contribution < 1.29 is 13.2 Å². The van der Waals surface area contributed by atoms with E-state index in [1.54, 1.807) is 24.5 Å². The average Bonchev–Trinajstić information content (AvgIpc) is 2.58. The molecule has 0 unspecified atom stereocenters. The molecule has 0 aromatic heterocycles. The Kier molecular flexibility index (Phi) is 9.53. The first-order valence-corrected chi connectivity index (χ1v) is 10.4. The highest BCUT2D eigenvalue weighted by Gasteiger charge is 2.24. The summed E-state index contributed by atoms with van der Waals surface area (Å²) in [6, 6.07) is 6.97.